The highest BCUT2D eigenvalue weighted by atomic mass is 16.3. The maximum atomic E-state index is 11.4. The molecule has 0 aromatic rings. The molecule has 0 saturated carbocycles. The molecular formula is C9H18N2O3. The number of carbonyl (C=O) groups is 1. The number of aliphatic hydroxyl groups excluding tert-OH is 2. The number of hydrogen-bond donors (Lipinski definition) is 4. The van der Waals surface area contributed by atoms with Gasteiger partial charge in [0.1, 0.15) is 0 Å². The van der Waals surface area contributed by atoms with Gasteiger partial charge in [0.25, 0.3) is 0 Å². The summed E-state index contributed by atoms with van der Waals surface area (Å²) in [5.74, 6) is -0.0212. The number of β-amino-alcohol motifs (C(OH)–C–C–N with tert-alkyl or cyclic N) is 1. The summed E-state index contributed by atoms with van der Waals surface area (Å²) in [6, 6.07) is -0.282. The molecule has 82 valence electrons. The fourth-order valence-electron chi connectivity index (χ4n) is 1.38. The lowest BCUT2D eigenvalue weighted by molar-refractivity contribution is -0.123. The van der Waals surface area contributed by atoms with Gasteiger partial charge in [0.15, 0.2) is 0 Å². The molecule has 1 rings (SSSR count). The Morgan fingerprint density at radius 3 is 2.93 bits per heavy atom. The molecule has 1 aliphatic heterocycles. The van der Waals surface area contributed by atoms with Crippen molar-refractivity contribution in [2.75, 3.05) is 19.7 Å². The number of rotatable bonds is 4. The van der Waals surface area contributed by atoms with Crippen LogP contribution in [-0.4, -0.2) is 48.0 Å². The summed E-state index contributed by atoms with van der Waals surface area (Å²) in [7, 11) is 0. The first-order valence-electron chi connectivity index (χ1n) is 4.93. The predicted octanol–water partition coefficient (Wildman–Crippen LogP) is -1.55. The van der Waals surface area contributed by atoms with Gasteiger partial charge in [-0.05, 0) is 12.3 Å². The van der Waals surface area contributed by atoms with Crippen LogP contribution < -0.4 is 10.6 Å². The lowest BCUT2D eigenvalue weighted by atomic mass is 10.1. The van der Waals surface area contributed by atoms with E-state index in [4.69, 9.17) is 5.11 Å². The maximum Gasteiger partial charge on any atom is 0.237 e. The van der Waals surface area contributed by atoms with E-state index in [0.29, 0.717) is 19.5 Å². The van der Waals surface area contributed by atoms with Crippen molar-refractivity contribution in [2.24, 2.45) is 5.92 Å². The summed E-state index contributed by atoms with van der Waals surface area (Å²) in [4.78, 5) is 11.4. The molecule has 0 radical (unpaired) electrons. The third-order valence-corrected chi connectivity index (χ3v) is 2.36. The van der Waals surface area contributed by atoms with Crippen LogP contribution in [0.25, 0.3) is 0 Å². The van der Waals surface area contributed by atoms with Crippen LogP contribution in [0.4, 0.5) is 0 Å². The smallest absolute Gasteiger partial charge is 0.237 e. The number of nitrogens with one attached hydrogen (secondary N) is 2. The maximum absolute atomic E-state index is 11.4. The Kier molecular flexibility index (Phi) is 4.31. The number of aliphatic hydroxyl groups is 2. The molecular weight excluding hydrogens is 184 g/mol. The Hall–Kier alpha value is -0.650. The molecule has 1 aliphatic rings. The zero-order valence-corrected chi connectivity index (χ0v) is 8.36. The van der Waals surface area contributed by atoms with Gasteiger partial charge in [0, 0.05) is 19.7 Å². The van der Waals surface area contributed by atoms with Crippen molar-refractivity contribution in [3.05, 3.63) is 0 Å². The van der Waals surface area contributed by atoms with E-state index in [9.17, 15) is 9.90 Å². The van der Waals surface area contributed by atoms with E-state index in [1.165, 1.54) is 0 Å². The molecule has 5 nitrogen and oxygen atoms in total. The van der Waals surface area contributed by atoms with Crippen LogP contribution in [0.15, 0.2) is 0 Å². The number of hydrogen-bond acceptors (Lipinski definition) is 4. The molecule has 1 saturated heterocycles. The summed E-state index contributed by atoms with van der Waals surface area (Å²) in [5, 5.41) is 23.6. The van der Waals surface area contributed by atoms with Crippen molar-refractivity contribution in [3.8, 4) is 0 Å². The minimum atomic E-state index is -0.416. The second-order valence-electron chi connectivity index (χ2n) is 3.88. The quantitative estimate of drug-likeness (QED) is 0.445. The Bertz CT molecular complexity index is 198. The van der Waals surface area contributed by atoms with Gasteiger partial charge in [-0.2, -0.15) is 0 Å². The Labute approximate surface area is 83.5 Å². The minimum Gasteiger partial charge on any atom is -0.396 e. The van der Waals surface area contributed by atoms with Gasteiger partial charge in [-0.3, -0.25) is 4.79 Å². The third-order valence-electron chi connectivity index (χ3n) is 2.36. The van der Waals surface area contributed by atoms with E-state index >= 15 is 0 Å². The molecule has 0 spiro atoms. The van der Waals surface area contributed by atoms with Crippen LogP contribution in [0.5, 0.6) is 0 Å². The molecule has 4 N–H and O–H groups in total. The molecule has 14 heavy (non-hydrogen) atoms. The second kappa shape index (κ2) is 5.29. The zero-order chi connectivity index (χ0) is 10.6. The molecule has 3 atom stereocenters. The highest BCUT2D eigenvalue weighted by Gasteiger charge is 2.27. The van der Waals surface area contributed by atoms with Crippen molar-refractivity contribution in [2.45, 2.75) is 25.5 Å². The van der Waals surface area contributed by atoms with Gasteiger partial charge < -0.3 is 20.8 Å². The van der Waals surface area contributed by atoms with Gasteiger partial charge in [-0.1, -0.05) is 6.92 Å². The summed E-state index contributed by atoms with van der Waals surface area (Å²) >= 11 is 0. The predicted molar refractivity (Wildman–Crippen MR) is 51.7 cm³/mol. The van der Waals surface area contributed by atoms with E-state index in [1.54, 1.807) is 0 Å². The van der Waals surface area contributed by atoms with Crippen LogP contribution in [0.2, 0.25) is 0 Å². The molecule has 0 aromatic heterocycles. The summed E-state index contributed by atoms with van der Waals surface area (Å²) in [6.45, 7) is 2.88. The summed E-state index contributed by atoms with van der Waals surface area (Å²) in [5.41, 5.74) is 0. The topological polar surface area (TPSA) is 81.6 Å². The molecule has 1 amide bonds. The van der Waals surface area contributed by atoms with Crippen molar-refractivity contribution < 1.29 is 15.0 Å². The number of amides is 1. The first-order valence-corrected chi connectivity index (χ1v) is 4.93. The standard InChI is InChI=1S/C9H18N2O3/c1-6(5-12)3-11-9(14)8-2-7(13)4-10-8/h6-8,10,12-13H,2-5H2,1H3,(H,11,14). The van der Waals surface area contributed by atoms with Gasteiger partial charge in [0.2, 0.25) is 5.91 Å². The van der Waals surface area contributed by atoms with Crippen LogP contribution in [0.3, 0.4) is 0 Å². The number of carbonyl (C=O) groups excluding carboxylic acids is 1. The van der Waals surface area contributed by atoms with Gasteiger partial charge in [-0.25, -0.2) is 0 Å². The lowest BCUT2D eigenvalue weighted by Gasteiger charge is -2.13. The zero-order valence-electron chi connectivity index (χ0n) is 8.36. The normalized spacial score (nSPS) is 28.8. The average molecular weight is 202 g/mol. The van der Waals surface area contributed by atoms with E-state index < -0.39 is 6.10 Å². The van der Waals surface area contributed by atoms with Crippen molar-refractivity contribution in [1.82, 2.24) is 10.6 Å². The summed E-state index contributed by atoms with van der Waals surface area (Å²) in [6.07, 6.45) is 0.0558. The molecule has 3 unspecified atom stereocenters. The fourth-order valence-corrected chi connectivity index (χ4v) is 1.38. The fraction of sp³-hybridized carbons (Fsp3) is 0.889. The van der Waals surface area contributed by atoms with Crippen LogP contribution in [-0.2, 0) is 4.79 Å². The lowest BCUT2D eigenvalue weighted by Crippen LogP contribution is -2.42. The highest BCUT2D eigenvalue weighted by Crippen LogP contribution is 2.06. The van der Waals surface area contributed by atoms with Gasteiger partial charge in [0.05, 0.1) is 12.1 Å². The summed E-state index contributed by atoms with van der Waals surface area (Å²) < 4.78 is 0. The van der Waals surface area contributed by atoms with Crippen molar-refractivity contribution >= 4 is 5.91 Å². The second-order valence-corrected chi connectivity index (χ2v) is 3.88. The van der Waals surface area contributed by atoms with Gasteiger partial charge >= 0.3 is 0 Å². The van der Waals surface area contributed by atoms with Crippen molar-refractivity contribution in [1.29, 1.82) is 0 Å². The van der Waals surface area contributed by atoms with E-state index in [1.807, 2.05) is 6.92 Å². The first kappa shape index (κ1) is 11.4. The Morgan fingerprint density at radius 2 is 2.43 bits per heavy atom. The molecule has 5 heteroatoms. The SMILES string of the molecule is CC(CO)CNC(=O)C1CC(O)CN1. The Morgan fingerprint density at radius 1 is 1.71 bits per heavy atom. The molecule has 1 fully saturated rings. The molecule has 1 heterocycles. The third kappa shape index (κ3) is 3.25. The van der Waals surface area contributed by atoms with E-state index in [2.05, 4.69) is 10.6 Å². The van der Waals surface area contributed by atoms with Crippen LogP contribution >= 0.6 is 0 Å². The highest BCUT2D eigenvalue weighted by molar-refractivity contribution is 5.82. The van der Waals surface area contributed by atoms with Crippen LogP contribution in [0.1, 0.15) is 13.3 Å². The monoisotopic (exact) mass is 202 g/mol. The van der Waals surface area contributed by atoms with Crippen LogP contribution in [0, 0.1) is 5.92 Å². The first-order chi connectivity index (χ1) is 6.63. The molecule has 0 aliphatic carbocycles. The molecule has 0 bridgehead atoms. The van der Waals surface area contributed by atoms with E-state index in [-0.39, 0.29) is 24.5 Å². The largest absolute Gasteiger partial charge is 0.396 e. The van der Waals surface area contributed by atoms with E-state index in [0.717, 1.165) is 0 Å². The molecule has 0 aromatic carbocycles. The van der Waals surface area contributed by atoms with Gasteiger partial charge in [-0.15, -0.1) is 0 Å². The van der Waals surface area contributed by atoms with Crippen molar-refractivity contribution in [3.63, 3.8) is 0 Å². The average Bonchev–Trinajstić information content (AvgIpc) is 2.60. The Balaban J connectivity index is 2.22. The minimum absolute atomic E-state index is 0.0704.